The maximum atomic E-state index is 13.4. The molecule has 2 rings (SSSR count). The van der Waals surface area contributed by atoms with Crippen molar-refractivity contribution in [1.29, 1.82) is 0 Å². The molecule has 0 heterocycles. The maximum Gasteiger partial charge on any atom is 0.139 e. The van der Waals surface area contributed by atoms with Gasteiger partial charge in [0.05, 0.1) is 0 Å². The Morgan fingerprint density at radius 1 is 1.15 bits per heavy atom. The third-order valence-electron chi connectivity index (χ3n) is 3.32. The summed E-state index contributed by atoms with van der Waals surface area (Å²) in [7, 11) is 0. The smallest absolute Gasteiger partial charge is 0.139 e. The van der Waals surface area contributed by atoms with E-state index in [-0.39, 0.29) is 18.0 Å². The van der Waals surface area contributed by atoms with Gasteiger partial charge in [-0.25, -0.2) is 4.39 Å². The van der Waals surface area contributed by atoms with Crippen LogP contribution in [-0.4, -0.2) is 6.04 Å². The van der Waals surface area contributed by atoms with Crippen molar-refractivity contribution in [2.45, 2.75) is 32.4 Å². The van der Waals surface area contributed by atoms with E-state index >= 15 is 0 Å². The normalized spacial score (nSPS) is 13.8. The Labute approximate surface area is 119 Å². The molecule has 2 unspecified atom stereocenters. The molecule has 0 spiro atoms. The first-order valence-corrected chi connectivity index (χ1v) is 6.84. The Morgan fingerprint density at radius 2 is 1.85 bits per heavy atom. The van der Waals surface area contributed by atoms with Crippen LogP contribution >= 0.6 is 0 Å². The van der Waals surface area contributed by atoms with Crippen LogP contribution in [0.15, 0.2) is 48.5 Å². The topological polar surface area (TPSA) is 35.2 Å². The van der Waals surface area contributed by atoms with Crippen LogP contribution in [0.1, 0.15) is 30.6 Å². The zero-order chi connectivity index (χ0) is 14.5. The first-order chi connectivity index (χ1) is 9.60. The Kier molecular flexibility index (Phi) is 4.74. The first kappa shape index (κ1) is 14.5. The molecule has 3 heteroatoms. The summed E-state index contributed by atoms with van der Waals surface area (Å²) in [5.41, 5.74) is 8.06. The fourth-order valence-corrected chi connectivity index (χ4v) is 2.06. The van der Waals surface area contributed by atoms with Gasteiger partial charge in [0.25, 0.3) is 0 Å². The van der Waals surface area contributed by atoms with E-state index in [2.05, 4.69) is 0 Å². The molecule has 0 saturated heterocycles. The zero-order valence-electron chi connectivity index (χ0n) is 11.8. The van der Waals surface area contributed by atoms with Crippen molar-refractivity contribution in [2.24, 2.45) is 5.73 Å². The summed E-state index contributed by atoms with van der Waals surface area (Å²) in [6.45, 7) is 4.01. The fourth-order valence-electron chi connectivity index (χ4n) is 2.06. The lowest BCUT2D eigenvalue weighted by atomic mass is 10.0. The molecule has 0 fully saturated rings. The summed E-state index contributed by atoms with van der Waals surface area (Å²) in [6, 6.07) is 14.0. The number of rotatable bonds is 5. The van der Waals surface area contributed by atoms with Crippen LogP contribution < -0.4 is 10.5 Å². The van der Waals surface area contributed by atoms with Gasteiger partial charge in [-0.15, -0.1) is 0 Å². The highest BCUT2D eigenvalue weighted by Gasteiger charge is 2.21. The van der Waals surface area contributed by atoms with Crippen molar-refractivity contribution < 1.29 is 9.13 Å². The average Bonchev–Trinajstić information content (AvgIpc) is 2.46. The summed E-state index contributed by atoms with van der Waals surface area (Å²) in [5, 5.41) is 0. The maximum absolute atomic E-state index is 13.4. The summed E-state index contributed by atoms with van der Waals surface area (Å²) >= 11 is 0. The van der Waals surface area contributed by atoms with Crippen molar-refractivity contribution in [1.82, 2.24) is 0 Å². The lowest BCUT2D eigenvalue weighted by Gasteiger charge is -2.25. The summed E-state index contributed by atoms with van der Waals surface area (Å²) in [6.07, 6.45) is 0.408. The molecule has 2 aromatic rings. The van der Waals surface area contributed by atoms with Crippen molar-refractivity contribution in [3.8, 4) is 5.75 Å². The highest BCUT2D eigenvalue weighted by atomic mass is 19.1. The third-order valence-corrected chi connectivity index (χ3v) is 3.32. The minimum Gasteiger partial charge on any atom is -0.484 e. The number of aryl methyl sites for hydroxylation is 1. The van der Waals surface area contributed by atoms with Crippen LogP contribution in [0.4, 0.5) is 4.39 Å². The highest BCUT2D eigenvalue weighted by Crippen LogP contribution is 2.26. The van der Waals surface area contributed by atoms with Gasteiger partial charge in [-0.3, -0.25) is 0 Å². The van der Waals surface area contributed by atoms with E-state index in [1.807, 2.05) is 44.2 Å². The highest BCUT2D eigenvalue weighted by molar-refractivity contribution is 5.28. The molecule has 0 radical (unpaired) electrons. The van der Waals surface area contributed by atoms with Gasteiger partial charge in [-0.1, -0.05) is 36.8 Å². The van der Waals surface area contributed by atoms with Gasteiger partial charge >= 0.3 is 0 Å². The third kappa shape index (κ3) is 3.58. The fraction of sp³-hybridized carbons (Fsp3) is 0.294. The van der Waals surface area contributed by atoms with Gasteiger partial charge in [-0.05, 0) is 43.2 Å². The number of halogens is 1. The summed E-state index contributed by atoms with van der Waals surface area (Å²) < 4.78 is 19.4. The van der Waals surface area contributed by atoms with E-state index in [0.29, 0.717) is 0 Å². The number of ether oxygens (including phenoxy) is 1. The Bertz CT molecular complexity index is 553. The largest absolute Gasteiger partial charge is 0.484 e. The molecule has 0 bridgehead atoms. The molecule has 0 saturated carbocycles. The van der Waals surface area contributed by atoms with Gasteiger partial charge in [-0.2, -0.15) is 0 Å². The molecule has 0 aliphatic heterocycles. The van der Waals surface area contributed by atoms with Crippen LogP contribution in [0, 0.1) is 12.7 Å². The molecule has 0 aliphatic rings. The Balaban J connectivity index is 2.26. The second-order valence-electron chi connectivity index (χ2n) is 4.98. The number of hydrogen-bond donors (Lipinski definition) is 1. The number of nitrogens with two attached hydrogens (primary N) is 1. The van der Waals surface area contributed by atoms with Gasteiger partial charge in [0.1, 0.15) is 17.7 Å². The van der Waals surface area contributed by atoms with Crippen molar-refractivity contribution in [2.75, 3.05) is 0 Å². The van der Waals surface area contributed by atoms with Gasteiger partial charge in [0.15, 0.2) is 0 Å². The van der Waals surface area contributed by atoms with Crippen LogP contribution in [0.5, 0.6) is 5.75 Å². The summed E-state index contributed by atoms with van der Waals surface area (Å²) in [5.74, 6) is 0.470. The van der Waals surface area contributed by atoms with E-state index in [9.17, 15) is 4.39 Å². The minimum atomic E-state index is -0.349. The molecular formula is C17H20FNO. The number of benzene rings is 2. The van der Waals surface area contributed by atoms with E-state index < -0.39 is 0 Å². The molecule has 106 valence electrons. The second kappa shape index (κ2) is 6.53. The molecule has 2 atom stereocenters. The van der Waals surface area contributed by atoms with Crippen molar-refractivity contribution in [3.63, 3.8) is 0 Å². The molecule has 20 heavy (non-hydrogen) atoms. The quantitative estimate of drug-likeness (QED) is 0.894. The minimum absolute atomic E-state index is 0.182. The monoisotopic (exact) mass is 273 g/mol. The lowest BCUT2D eigenvalue weighted by Crippen LogP contribution is -2.31. The first-order valence-electron chi connectivity index (χ1n) is 6.84. The van der Waals surface area contributed by atoms with Gasteiger partial charge < -0.3 is 10.5 Å². The predicted octanol–water partition coefficient (Wildman–Crippen LogP) is 3.99. The van der Waals surface area contributed by atoms with Crippen LogP contribution in [0.25, 0.3) is 0 Å². The second-order valence-corrected chi connectivity index (χ2v) is 4.98. The van der Waals surface area contributed by atoms with Crippen LogP contribution in [0.3, 0.4) is 0 Å². The van der Waals surface area contributed by atoms with E-state index in [0.717, 1.165) is 17.7 Å². The molecule has 0 aromatic heterocycles. The van der Waals surface area contributed by atoms with Gasteiger partial charge in [0.2, 0.25) is 0 Å². The van der Waals surface area contributed by atoms with E-state index in [1.54, 1.807) is 6.07 Å². The molecule has 0 aliphatic carbocycles. The van der Waals surface area contributed by atoms with Crippen LogP contribution in [0.2, 0.25) is 0 Å². The van der Waals surface area contributed by atoms with Gasteiger partial charge in [0, 0.05) is 6.04 Å². The SMILES string of the molecule is CCC(N)C(Oc1ccc(C)cc1)c1cccc(F)c1. The molecular weight excluding hydrogens is 253 g/mol. The standard InChI is InChI=1S/C17H20FNO/c1-3-16(19)17(13-5-4-6-14(18)11-13)20-15-9-7-12(2)8-10-15/h4-11,16-17H,3,19H2,1-2H3. The predicted molar refractivity (Wildman–Crippen MR) is 79.2 cm³/mol. The number of hydrogen-bond acceptors (Lipinski definition) is 2. The Hall–Kier alpha value is -1.87. The summed E-state index contributed by atoms with van der Waals surface area (Å²) in [4.78, 5) is 0. The molecule has 2 N–H and O–H groups in total. The van der Waals surface area contributed by atoms with Crippen molar-refractivity contribution in [3.05, 3.63) is 65.5 Å². The van der Waals surface area contributed by atoms with Crippen molar-refractivity contribution >= 4 is 0 Å². The lowest BCUT2D eigenvalue weighted by molar-refractivity contribution is 0.170. The molecule has 2 nitrogen and oxygen atoms in total. The molecule has 2 aromatic carbocycles. The molecule has 0 amide bonds. The average molecular weight is 273 g/mol. The van der Waals surface area contributed by atoms with E-state index in [1.165, 1.54) is 17.7 Å². The Morgan fingerprint density at radius 3 is 2.45 bits per heavy atom. The zero-order valence-corrected chi connectivity index (χ0v) is 11.8. The van der Waals surface area contributed by atoms with E-state index in [4.69, 9.17) is 10.5 Å². The van der Waals surface area contributed by atoms with Crippen LogP contribution in [-0.2, 0) is 0 Å².